The average Bonchev–Trinajstić information content (AvgIpc) is 2.75. The van der Waals surface area contributed by atoms with Crippen molar-refractivity contribution in [2.75, 3.05) is 6.61 Å². The van der Waals surface area contributed by atoms with Crippen LogP contribution in [0.1, 0.15) is 35.7 Å². The summed E-state index contributed by atoms with van der Waals surface area (Å²) in [4.78, 5) is 20.6. The van der Waals surface area contributed by atoms with Gasteiger partial charge in [0.2, 0.25) is 0 Å². The molecule has 0 amide bonds. The SMILES string of the molecule is CCCCOc1ccc(C(=O)Oc2ccc(C=Nc3cccnc3)cc2)cc1. The van der Waals surface area contributed by atoms with Crippen molar-refractivity contribution in [3.8, 4) is 11.5 Å². The van der Waals surface area contributed by atoms with Crippen LogP contribution in [0.25, 0.3) is 0 Å². The van der Waals surface area contributed by atoms with E-state index in [2.05, 4.69) is 16.9 Å². The van der Waals surface area contributed by atoms with E-state index in [0.29, 0.717) is 17.9 Å². The largest absolute Gasteiger partial charge is 0.494 e. The molecule has 0 fully saturated rings. The summed E-state index contributed by atoms with van der Waals surface area (Å²) in [5.41, 5.74) is 2.16. The lowest BCUT2D eigenvalue weighted by molar-refractivity contribution is 0.0734. The Morgan fingerprint density at radius 1 is 1.04 bits per heavy atom. The zero-order valence-electron chi connectivity index (χ0n) is 15.7. The molecule has 0 unspecified atom stereocenters. The predicted octanol–water partition coefficient (Wildman–Crippen LogP) is 5.23. The number of aliphatic imine (C=N–C) groups is 1. The smallest absolute Gasteiger partial charge is 0.343 e. The van der Waals surface area contributed by atoms with Gasteiger partial charge in [-0.25, -0.2) is 4.79 Å². The van der Waals surface area contributed by atoms with Crippen LogP contribution < -0.4 is 9.47 Å². The highest BCUT2D eigenvalue weighted by molar-refractivity contribution is 5.91. The molecule has 0 saturated heterocycles. The van der Waals surface area contributed by atoms with E-state index in [-0.39, 0.29) is 0 Å². The van der Waals surface area contributed by atoms with Crippen LogP contribution >= 0.6 is 0 Å². The lowest BCUT2D eigenvalue weighted by Gasteiger charge is -2.07. The van der Waals surface area contributed by atoms with E-state index in [1.165, 1.54) is 0 Å². The van der Waals surface area contributed by atoms with Gasteiger partial charge in [0.1, 0.15) is 11.5 Å². The van der Waals surface area contributed by atoms with Crippen molar-refractivity contribution in [2.24, 2.45) is 4.99 Å². The van der Waals surface area contributed by atoms with Gasteiger partial charge in [0.05, 0.1) is 24.1 Å². The quantitative estimate of drug-likeness (QED) is 0.234. The van der Waals surface area contributed by atoms with Crippen LogP contribution in [-0.2, 0) is 0 Å². The summed E-state index contributed by atoms with van der Waals surface area (Å²) in [6.45, 7) is 2.79. The van der Waals surface area contributed by atoms with Crippen molar-refractivity contribution in [3.05, 3.63) is 84.2 Å². The normalized spacial score (nSPS) is 10.8. The molecule has 0 bridgehead atoms. The van der Waals surface area contributed by atoms with Gasteiger partial charge in [0, 0.05) is 12.4 Å². The molecule has 1 heterocycles. The number of rotatable bonds is 8. The number of unbranched alkanes of at least 4 members (excludes halogenated alkanes) is 1. The van der Waals surface area contributed by atoms with E-state index in [0.717, 1.165) is 29.8 Å². The Labute approximate surface area is 164 Å². The van der Waals surface area contributed by atoms with Crippen molar-refractivity contribution in [3.63, 3.8) is 0 Å². The third-order valence-corrected chi connectivity index (χ3v) is 3.96. The van der Waals surface area contributed by atoms with E-state index in [1.54, 1.807) is 55.0 Å². The highest BCUT2D eigenvalue weighted by atomic mass is 16.5. The van der Waals surface area contributed by atoms with Crippen LogP contribution in [0.15, 0.2) is 78.0 Å². The summed E-state index contributed by atoms with van der Waals surface area (Å²) in [5, 5.41) is 0. The molecule has 0 aliphatic rings. The third-order valence-electron chi connectivity index (χ3n) is 3.96. The second-order valence-corrected chi connectivity index (χ2v) is 6.15. The highest BCUT2D eigenvalue weighted by Crippen LogP contribution is 2.17. The molecule has 142 valence electrons. The average molecular weight is 374 g/mol. The molecular formula is C23H22N2O3. The molecule has 0 aliphatic heterocycles. The number of esters is 1. The lowest BCUT2D eigenvalue weighted by atomic mass is 10.2. The number of pyridine rings is 1. The van der Waals surface area contributed by atoms with E-state index >= 15 is 0 Å². The van der Waals surface area contributed by atoms with Crippen LogP contribution in [-0.4, -0.2) is 23.8 Å². The standard InChI is InChI=1S/C23H22N2O3/c1-2-3-15-27-21-12-8-19(9-13-21)23(26)28-22-10-6-18(7-11-22)16-25-20-5-4-14-24-17-20/h4-14,16-17H,2-3,15H2,1H3. The molecule has 5 nitrogen and oxygen atoms in total. The number of hydrogen-bond acceptors (Lipinski definition) is 5. The second-order valence-electron chi connectivity index (χ2n) is 6.15. The van der Waals surface area contributed by atoms with Crippen LogP contribution in [0.3, 0.4) is 0 Å². The number of carbonyl (C=O) groups is 1. The number of benzene rings is 2. The minimum absolute atomic E-state index is 0.406. The molecule has 0 N–H and O–H groups in total. The van der Waals surface area contributed by atoms with Gasteiger partial charge in [-0.05, 0) is 72.6 Å². The van der Waals surface area contributed by atoms with Gasteiger partial charge in [-0.3, -0.25) is 9.98 Å². The van der Waals surface area contributed by atoms with Crippen molar-refractivity contribution >= 4 is 17.9 Å². The minimum atomic E-state index is -0.406. The van der Waals surface area contributed by atoms with Crippen LogP contribution in [0.2, 0.25) is 0 Å². The Balaban J connectivity index is 1.56. The molecule has 5 heteroatoms. The van der Waals surface area contributed by atoms with Crippen molar-refractivity contribution in [1.82, 2.24) is 4.98 Å². The summed E-state index contributed by atoms with van der Waals surface area (Å²) >= 11 is 0. The summed E-state index contributed by atoms with van der Waals surface area (Å²) < 4.78 is 11.0. The summed E-state index contributed by atoms with van der Waals surface area (Å²) in [5.74, 6) is 0.825. The Kier molecular flexibility index (Phi) is 6.90. The first-order valence-corrected chi connectivity index (χ1v) is 9.24. The van der Waals surface area contributed by atoms with Gasteiger partial charge >= 0.3 is 5.97 Å². The Morgan fingerprint density at radius 2 is 1.79 bits per heavy atom. The predicted molar refractivity (Wildman–Crippen MR) is 110 cm³/mol. The fourth-order valence-corrected chi connectivity index (χ4v) is 2.39. The first kappa shape index (κ1) is 19.3. The maximum Gasteiger partial charge on any atom is 0.343 e. The molecule has 0 atom stereocenters. The van der Waals surface area contributed by atoms with E-state index < -0.39 is 5.97 Å². The molecule has 3 aromatic rings. The summed E-state index contributed by atoms with van der Waals surface area (Å²) in [6.07, 6.45) is 7.22. The van der Waals surface area contributed by atoms with E-state index in [9.17, 15) is 4.79 Å². The van der Waals surface area contributed by atoms with Crippen molar-refractivity contribution in [2.45, 2.75) is 19.8 Å². The summed E-state index contributed by atoms with van der Waals surface area (Å²) in [6, 6.07) is 17.8. The maximum atomic E-state index is 12.3. The number of aromatic nitrogens is 1. The van der Waals surface area contributed by atoms with Crippen molar-refractivity contribution in [1.29, 1.82) is 0 Å². The molecule has 0 radical (unpaired) electrons. The topological polar surface area (TPSA) is 60.8 Å². The van der Waals surface area contributed by atoms with Crippen LogP contribution in [0.4, 0.5) is 5.69 Å². The Morgan fingerprint density at radius 3 is 2.46 bits per heavy atom. The minimum Gasteiger partial charge on any atom is -0.494 e. The molecule has 3 rings (SSSR count). The number of hydrogen-bond donors (Lipinski definition) is 0. The fourth-order valence-electron chi connectivity index (χ4n) is 2.39. The molecule has 1 aromatic heterocycles. The van der Waals surface area contributed by atoms with Gasteiger partial charge in [-0.1, -0.05) is 13.3 Å². The summed E-state index contributed by atoms with van der Waals surface area (Å²) in [7, 11) is 0. The van der Waals surface area contributed by atoms with Gasteiger partial charge in [0.25, 0.3) is 0 Å². The number of nitrogens with zero attached hydrogens (tertiary/aromatic N) is 2. The first-order valence-electron chi connectivity index (χ1n) is 9.24. The molecular weight excluding hydrogens is 352 g/mol. The molecule has 0 aliphatic carbocycles. The fraction of sp³-hybridized carbons (Fsp3) is 0.174. The number of carbonyl (C=O) groups excluding carboxylic acids is 1. The molecule has 28 heavy (non-hydrogen) atoms. The maximum absolute atomic E-state index is 12.3. The Hall–Kier alpha value is -3.47. The second kappa shape index (κ2) is 10.0. The molecule has 0 saturated carbocycles. The van der Waals surface area contributed by atoms with Crippen LogP contribution in [0, 0.1) is 0 Å². The third kappa shape index (κ3) is 5.77. The Bertz CT molecular complexity index is 905. The molecule has 0 spiro atoms. The van der Waals surface area contributed by atoms with Gasteiger partial charge < -0.3 is 9.47 Å². The van der Waals surface area contributed by atoms with E-state index in [1.807, 2.05) is 24.3 Å². The van der Waals surface area contributed by atoms with Gasteiger partial charge in [0.15, 0.2) is 0 Å². The van der Waals surface area contributed by atoms with Gasteiger partial charge in [-0.15, -0.1) is 0 Å². The van der Waals surface area contributed by atoms with Crippen LogP contribution in [0.5, 0.6) is 11.5 Å². The van der Waals surface area contributed by atoms with Gasteiger partial charge in [-0.2, -0.15) is 0 Å². The zero-order chi connectivity index (χ0) is 19.6. The first-order chi connectivity index (χ1) is 13.7. The highest BCUT2D eigenvalue weighted by Gasteiger charge is 2.08. The van der Waals surface area contributed by atoms with E-state index in [4.69, 9.17) is 9.47 Å². The number of ether oxygens (including phenoxy) is 2. The monoisotopic (exact) mass is 374 g/mol. The molecule has 2 aromatic carbocycles. The van der Waals surface area contributed by atoms with Crippen molar-refractivity contribution < 1.29 is 14.3 Å². The zero-order valence-corrected chi connectivity index (χ0v) is 15.7. The lowest BCUT2D eigenvalue weighted by Crippen LogP contribution is -2.08.